The van der Waals surface area contributed by atoms with Gasteiger partial charge in [0, 0.05) is 11.6 Å². The summed E-state index contributed by atoms with van der Waals surface area (Å²) in [5, 5.41) is 3.08. The van der Waals surface area contributed by atoms with Crippen molar-refractivity contribution in [1.82, 2.24) is 0 Å². The molecule has 0 aliphatic heterocycles. The molecule has 3 unspecified atom stereocenters. The van der Waals surface area contributed by atoms with E-state index in [1.165, 1.54) is 12.8 Å². The van der Waals surface area contributed by atoms with Crippen molar-refractivity contribution in [2.75, 3.05) is 5.32 Å². The molecule has 1 aromatic carbocycles. The molecule has 1 N–H and O–H groups in total. The summed E-state index contributed by atoms with van der Waals surface area (Å²) in [6.45, 7) is 6.74. The number of nitrogens with one attached hydrogen (secondary N) is 1. The lowest BCUT2D eigenvalue weighted by molar-refractivity contribution is -0.123. The maximum atomic E-state index is 12.5. The second-order valence-electron chi connectivity index (χ2n) is 6.29. The molecule has 0 aromatic heterocycles. The molecule has 3 atom stereocenters. The number of para-hydroxylation sites is 1. The predicted molar refractivity (Wildman–Crippen MR) is 79.9 cm³/mol. The number of carbonyl (C=O) groups is 1. The van der Waals surface area contributed by atoms with Crippen molar-refractivity contribution < 1.29 is 4.79 Å². The van der Waals surface area contributed by atoms with Gasteiger partial charge in [0.05, 0.1) is 0 Å². The Morgan fingerprint density at radius 2 is 1.89 bits per heavy atom. The third kappa shape index (κ3) is 3.59. The molecule has 104 valence electrons. The fourth-order valence-electron chi connectivity index (χ4n) is 3.26. The van der Waals surface area contributed by atoms with Crippen LogP contribution in [0.1, 0.15) is 40.0 Å². The first-order valence-electron chi connectivity index (χ1n) is 7.44. The van der Waals surface area contributed by atoms with Crippen LogP contribution in [0.4, 0.5) is 5.69 Å². The molecule has 0 radical (unpaired) electrons. The SMILES string of the molecule is CC1CCC(C(C)C)C(C(=O)Nc2ccccc2)C1. The maximum absolute atomic E-state index is 12.5. The highest BCUT2D eigenvalue weighted by molar-refractivity contribution is 5.92. The van der Waals surface area contributed by atoms with E-state index in [9.17, 15) is 4.79 Å². The Labute approximate surface area is 116 Å². The van der Waals surface area contributed by atoms with Gasteiger partial charge in [-0.15, -0.1) is 0 Å². The molecule has 19 heavy (non-hydrogen) atoms. The first kappa shape index (κ1) is 14.1. The van der Waals surface area contributed by atoms with Gasteiger partial charge in [-0.2, -0.15) is 0 Å². The average molecular weight is 259 g/mol. The van der Waals surface area contributed by atoms with Gasteiger partial charge in [0.15, 0.2) is 0 Å². The van der Waals surface area contributed by atoms with Crippen LogP contribution >= 0.6 is 0 Å². The van der Waals surface area contributed by atoms with Gasteiger partial charge in [-0.1, -0.05) is 45.4 Å². The Hall–Kier alpha value is -1.31. The Balaban J connectivity index is 2.06. The van der Waals surface area contributed by atoms with Crippen LogP contribution < -0.4 is 5.32 Å². The minimum absolute atomic E-state index is 0.170. The number of amides is 1. The topological polar surface area (TPSA) is 29.1 Å². The van der Waals surface area contributed by atoms with E-state index in [2.05, 4.69) is 26.1 Å². The summed E-state index contributed by atoms with van der Waals surface area (Å²) >= 11 is 0. The van der Waals surface area contributed by atoms with Crippen molar-refractivity contribution in [3.8, 4) is 0 Å². The monoisotopic (exact) mass is 259 g/mol. The van der Waals surface area contributed by atoms with Gasteiger partial charge >= 0.3 is 0 Å². The summed E-state index contributed by atoms with van der Waals surface area (Å²) in [4.78, 5) is 12.5. The molecular formula is C17H25NO. The zero-order valence-corrected chi connectivity index (χ0v) is 12.2. The Morgan fingerprint density at radius 1 is 1.21 bits per heavy atom. The predicted octanol–water partition coefficient (Wildman–Crippen LogP) is 4.33. The van der Waals surface area contributed by atoms with E-state index in [1.807, 2.05) is 30.3 Å². The largest absolute Gasteiger partial charge is 0.326 e. The lowest BCUT2D eigenvalue weighted by Crippen LogP contribution is -2.36. The van der Waals surface area contributed by atoms with E-state index in [0.717, 1.165) is 12.1 Å². The molecule has 0 spiro atoms. The molecule has 0 bridgehead atoms. The van der Waals surface area contributed by atoms with Gasteiger partial charge < -0.3 is 5.32 Å². The standard InChI is InChI=1S/C17H25NO/c1-12(2)15-10-9-13(3)11-16(15)17(19)18-14-7-5-4-6-8-14/h4-8,12-13,15-16H,9-11H2,1-3H3,(H,18,19). The number of rotatable bonds is 3. The third-order valence-electron chi connectivity index (χ3n) is 4.40. The van der Waals surface area contributed by atoms with Crippen molar-refractivity contribution in [2.45, 2.75) is 40.0 Å². The minimum Gasteiger partial charge on any atom is -0.326 e. The van der Waals surface area contributed by atoms with Gasteiger partial charge in [0.25, 0.3) is 0 Å². The Kier molecular flexibility index (Phi) is 4.62. The van der Waals surface area contributed by atoms with Crippen molar-refractivity contribution in [3.63, 3.8) is 0 Å². The summed E-state index contributed by atoms with van der Waals surface area (Å²) in [7, 11) is 0. The van der Waals surface area contributed by atoms with Crippen molar-refractivity contribution in [2.24, 2.45) is 23.7 Å². The van der Waals surface area contributed by atoms with E-state index < -0.39 is 0 Å². The summed E-state index contributed by atoms with van der Waals surface area (Å²) in [5.74, 6) is 2.15. The third-order valence-corrected chi connectivity index (χ3v) is 4.40. The first-order valence-corrected chi connectivity index (χ1v) is 7.44. The van der Waals surface area contributed by atoms with Crippen LogP contribution in [0.15, 0.2) is 30.3 Å². The number of carbonyl (C=O) groups excluding carboxylic acids is 1. The highest BCUT2D eigenvalue weighted by Gasteiger charge is 2.35. The molecule has 0 heterocycles. The molecule has 1 fully saturated rings. The van der Waals surface area contributed by atoms with Gasteiger partial charge in [-0.25, -0.2) is 0 Å². The van der Waals surface area contributed by atoms with E-state index in [-0.39, 0.29) is 11.8 Å². The fraction of sp³-hybridized carbons (Fsp3) is 0.588. The van der Waals surface area contributed by atoms with Gasteiger partial charge in [-0.05, 0) is 42.7 Å². The van der Waals surface area contributed by atoms with Crippen LogP contribution in [0.3, 0.4) is 0 Å². The fourth-order valence-corrected chi connectivity index (χ4v) is 3.26. The molecule has 0 saturated heterocycles. The highest BCUT2D eigenvalue weighted by atomic mass is 16.1. The van der Waals surface area contributed by atoms with Crippen LogP contribution in [0, 0.1) is 23.7 Å². The number of anilines is 1. The molecule has 1 aliphatic rings. The molecule has 1 aliphatic carbocycles. The normalized spacial score (nSPS) is 27.3. The summed E-state index contributed by atoms with van der Waals surface area (Å²) in [5.41, 5.74) is 0.910. The van der Waals surface area contributed by atoms with Crippen molar-refractivity contribution >= 4 is 11.6 Å². The Morgan fingerprint density at radius 3 is 2.53 bits per heavy atom. The van der Waals surface area contributed by atoms with Gasteiger partial charge in [-0.3, -0.25) is 4.79 Å². The van der Waals surface area contributed by atoms with E-state index in [0.29, 0.717) is 17.8 Å². The number of hydrogen-bond donors (Lipinski definition) is 1. The van der Waals surface area contributed by atoms with Crippen LogP contribution in [-0.2, 0) is 4.79 Å². The first-order chi connectivity index (χ1) is 9.08. The maximum Gasteiger partial charge on any atom is 0.227 e. The average Bonchev–Trinajstić information content (AvgIpc) is 2.39. The van der Waals surface area contributed by atoms with Crippen molar-refractivity contribution in [1.29, 1.82) is 0 Å². The van der Waals surface area contributed by atoms with Gasteiger partial charge in [0.2, 0.25) is 5.91 Å². The quantitative estimate of drug-likeness (QED) is 0.860. The molecule has 1 amide bonds. The molecule has 1 aromatic rings. The zero-order valence-electron chi connectivity index (χ0n) is 12.2. The van der Waals surface area contributed by atoms with E-state index in [4.69, 9.17) is 0 Å². The van der Waals surface area contributed by atoms with Crippen LogP contribution in [0.5, 0.6) is 0 Å². The Bertz CT molecular complexity index is 413. The highest BCUT2D eigenvalue weighted by Crippen LogP contribution is 2.38. The molecule has 1 saturated carbocycles. The summed E-state index contributed by atoms with van der Waals surface area (Å²) in [6.07, 6.45) is 3.48. The number of hydrogen-bond acceptors (Lipinski definition) is 1. The molecular weight excluding hydrogens is 234 g/mol. The molecule has 2 rings (SSSR count). The second-order valence-corrected chi connectivity index (χ2v) is 6.29. The van der Waals surface area contributed by atoms with Gasteiger partial charge in [0.1, 0.15) is 0 Å². The minimum atomic E-state index is 0.170. The van der Waals surface area contributed by atoms with Crippen LogP contribution in [-0.4, -0.2) is 5.91 Å². The zero-order chi connectivity index (χ0) is 13.8. The lowest BCUT2D eigenvalue weighted by atomic mass is 9.70. The van der Waals surface area contributed by atoms with Crippen molar-refractivity contribution in [3.05, 3.63) is 30.3 Å². The molecule has 2 heteroatoms. The van der Waals surface area contributed by atoms with Crippen LogP contribution in [0.2, 0.25) is 0 Å². The number of benzene rings is 1. The smallest absolute Gasteiger partial charge is 0.227 e. The van der Waals surface area contributed by atoms with Crippen LogP contribution in [0.25, 0.3) is 0 Å². The van der Waals surface area contributed by atoms with E-state index >= 15 is 0 Å². The summed E-state index contributed by atoms with van der Waals surface area (Å²) in [6, 6.07) is 9.79. The second kappa shape index (κ2) is 6.23. The van der Waals surface area contributed by atoms with E-state index in [1.54, 1.807) is 0 Å². The molecule has 2 nitrogen and oxygen atoms in total. The lowest BCUT2D eigenvalue weighted by Gasteiger charge is -2.36. The summed E-state index contributed by atoms with van der Waals surface area (Å²) < 4.78 is 0.